The fraction of sp³-hybridized carbons (Fsp3) is 0.154. The van der Waals surface area contributed by atoms with Crippen LogP contribution in [0.2, 0.25) is 5.02 Å². The molecule has 0 bridgehead atoms. The Hall–Kier alpha value is -1.79. The summed E-state index contributed by atoms with van der Waals surface area (Å²) >= 11 is 5.75. The van der Waals surface area contributed by atoms with Crippen LogP contribution in [0.3, 0.4) is 0 Å². The summed E-state index contributed by atoms with van der Waals surface area (Å²) < 4.78 is 29.6. The fourth-order valence-electron chi connectivity index (χ4n) is 1.75. The van der Waals surface area contributed by atoms with Crippen molar-refractivity contribution in [3.63, 3.8) is 0 Å². The molecule has 2 aromatic rings. The van der Waals surface area contributed by atoms with E-state index in [4.69, 9.17) is 17.4 Å². The monoisotopic (exact) mass is 311 g/mol. The van der Waals surface area contributed by atoms with Crippen molar-refractivity contribution in [1.82, 2.24) is 0 Å². The highest BCUT2D eigenvalue weighted by molar-refractivity contribution is 7.94. The summed E-state index contributed by atoms with van der Waals surface area (Å²) in [5, 5.41) is 0.521. The molecule has 0 aliphatic rings. The Bertz CT molecular complexity index is 743. The van der Waals surface area contributed by atoms with Crippen LogP contribution in [0.4, 0.5) is 5.69 Å². The summed E-state index contributed by atoms with van der Waals surface area (Å²) in [4.78, 5) is 0.0838. The van der Waals surface area contributed by atoms with Crippen molar-refractivity contribution in [2.24, 2.45) is 0 Å². The molecule has 5 nitrogen and oxygen atoms in total. The molecule has 0 saturated carbocycles. The Morgan fingerprint density at radius 1 is 1.20 bits per heavy atom. The van der Waals surface area contributed by atoms with E-state index in [-0.39, 0.29) is 4.90 Å². The molecule has 20 heavy (non-hydrogen) atoms. The lowest BCUT2D eigenvalue weighted by Crippen LogP contribution is -2.47. The molecule has 0 aliphatic heterocycles. The lowest BCUT2D eigenvalue weighted by molar-refractivity contribution is -0.647. The smallest absolute Gasteiger partial charge is 0.216 e. The van der Waals surface area contributed by atoms with Crippen LogP contribution < -0.4 is 10.5 Å². The highest BCUT2D eigenvalue weighted by Gasteiger charge is 2.16. The highest BCUT2D eigenvalue weighted by atomic mass is 35.5. The molecule has 0 aliphatic carbocycles. The first-order valence-corrected chi connectivity index (χ1v) is 7.63. The Morgan fingerprint density at radius 2 is 1.80 bits per heavy atom. The third-order valence-electron chi connectivity index (χ3n) is 2.81. The van der Waals surface area contributed by atoms with Gasteiger partial charge in [-0.3, -0.25) is 0 Å². The predicted octanol–water partition coefficient (Wildman–Crippen LogP) is 2.35. The molecule has 0 fully saturated rings. The minimum Gasteiger partial charge on any atom is -0.573 e. The van der Waals surface area contributed by atoms with Gasteiger partial charge in [0.05, 0.1) is 0 Å². The summed E-state index contributed by atoms with van der Waals surface area (Å²) in [6.07, 6.45) is 1.36. The first-order chi connectivity index (χ1) is 9.29. The van der Waals surface area contributed by atoms with E-state index in [9.17, 15) is 8.42 Å². The lowest BCUT2D eigenvalue weighted by Gasteiger charge is -2.22. The van der Waals surface area contributed by atoms with Gasteiger partial charge < -0.3 is 4.72 Å². The third-order valence-corrected chi connectivity index (χ3v) is 4.49. The molecule has 0 saturated heterocycles. The molecular weight excluding hydrogens is 298 g/mol. The van der Waals surface area contributed by atoms with Crippen LogP contribution in [0, 0.1) is 13.8 Å². The average Bonchev–Trinajstić information content (AvgIpc) is 2.36. The van der Waals surface area contributed by atoms with Gasteiger partial charge in [0.25, 0.3) is 0 Å². The van der Waals surface area contributed by atoms with Gasteiger partial charge in [-0.1, -0.05) is 28.4 Å². The quantitative estimate of drug-likeness (QED) is 0.698. The number of aryl methyl sites for hydroxylation is 2. The third kappa shape index (κ3) is 3.02. The van der Waals surface area contributed by atoms with Gasteiger partial charge in [0.2, 0.25) is 11.9 Å². The van der Waals surface area contributed by atoms with Crippen molar-refractivity contribution in [1.29, 1.82) is 0 Å². The number of hydrogen-bond donors (Lipinski definition) is 1. The van der Waals surface area contributed by atoms with Gasteiger partial charge in [0.1, 0.15) is 14.9 Å². The molecular formula is C13H14ClN3O2S. The van der Waals surface area contributed by atoms with Gasteiger partial charge in [-0.25, -0.2) is 14.3 Å². The second-order valence-corrected chi connectivity index (χ2v) is 6.42. The molecule has 0 spiro atoms. The van der Waals surface area contributed by atoms with E-state index < -0.39 is 10.0 Å². The number of pyridine rings is 1. The fourth-order valence-corrected chi connectivity index (χ4v) is 3.09. The maximum atomic E-state index is 12.3. The summed E-state index contributed by atoms with van der Waals surface area (Å²) in [6.45, 7) is 3.50. The van der Waals surface area contributed by atoms with Crippen LogP contribution >= 0.6 is 11.6 Å². The van der Waals surface area contributed by atoms with E-state index in [2.05, 4.69) is 4.72 Å². The van der Waals surface area contributed by atoms with Crippen LogP contribution in [0.25, 0.3) is 4.72 Å². The number of sulfonamides is 1. The molecule has 0 radical (unpaired) electrons. The minimum absolute atomic E-state index is 0.0838. The number of benzene rings is 1. The Labute approximate surface area is 123 Å². The number of nitrogens with two attached hydrogens (primary N) is 1. The first kappa shape index (κ1) is 14.6. The Balaban J connectivity index is 2.40. The molecule has 0 unspecified atom stereocenters. The van der Waals surface area contributed by atoms with Crippen molar-refractivity contribution in [2.75, 3.05) is 5.84 Å². The van der Waals surface area contributed by atoms with E-state index in [1.165, 1.54) is 10.9 Å². The zero-order chi connectivity index (χ0) is 14.9. The van der Waals surface area contributed by atoms with E-state index in [1.54, 1.807) is 44.2 Å². The van der Waals surface area contributed by atoms with Crippen LogP contribution in [-0.2, 0) is 10.0 Å². The van der Waals surface area contributed by atoms with Crippen molar-refractivity contribution in [3.05, 3.63) is 57.5 Å². The number of hydrogen-bond acceptors (Lipinski definition) is 3. The average molecular weight is 312 g/mol. The van der Waals surface area contributed by atoms with E-state index in [0.717, 1.165) is 5.69 Å². The predicted molar refractivity (Wildman–Crippen MR) is 77.9 cm³/mol. The zero-order valence-electron chi connectivity index (χ0n) is 11.0. The van der Waals surface area contributed by atoms with Crippen LogP contribution in [-0.4, -0.2) is 8.42 Å². The van der Waals surface area contributed by atoms with E-state index in [0.29, 0.717) is 16.3 Å². The molecule has 0 atom stereocenters. The highest BCUT2D eigenvalue weighted by Crippen LogP contribution is 2.29. The zero-order valence-corrected chi connectivity index (χ0v) is 12.6. The van der Waals surface area contributed by atoms with Crippen molar-refractivity contribution < 1.29 is 13.1 Å². The van der Waals surface area contributed by atoms with Gasteiger partial charge in [-0.05, 0) is 24.6 Å². The van der Waals surface area contributed by atoms with Crippen molar-refractivity contribution in [2.45, 2.75) is 18.7 Å². The van der Waals surface area contributed by atoms with Gasteiger partial charge >= 0.3 is 0 Å². The van der Waals surface area contributed by atoms with Gasteiger partial charge in [-0.2, -0.15) is 0 Å². The summed E-state index contributed by atoms with van der Waals surface area (Å²) in [6, 6.07) is 7.95. The summed E-state index contributed by atoms with van der Waals surface area (Å²) in [5.41, 5.74) is 1.67. The van der Waals surface area contributed by atoms with Crippen molar-refractivity contribution >= 4 is 27.3 Å². The maximum absolute atomic E-state index is 12.3. The summed E-state index contributed by atoms with van der Waals surface area (Å²) in [7, 11) is -3.82. The van der Waals surface area contributed by atoms with Gasteiger partial charge in [0.15, 0.2) is 0 Å². The molecule has 2 rings (SSSR count). The standard InChI is InChI=1S/C13H14ClN3O2S/c1-9-7-10(2)17(15)8-13(9)20(18,19)16-12-5-3-11(14)4-6-12/h3-8H,15H2,1-2H3. The number of rotatable bonds is 3. The maximum Gasteiger partial charge on any atom is 0.216 e. The van der Waals surface area contributed by atoms with E-state index in [1.807, 2.05) is 0 Å². The Morgan fingerprint density at radius 3 is 2.40 bits per heavy atom. The second-order valence-electron chi connectivity index (χ2n) is 4.41. The summed E-state index contributed by atoms with van der Waals surface area (Å²) in [5.74, 6) is 5.69. The Kier molecular flexibility index (Phi) is 3.87. The normalized spacial score (nSPS) is 11.3. The molecule has 2 N–H and O–H groups in total. The second kappa shape index (κ2) is 5.30. The van der Waals surface area contributed by atoms with Crippen LogP contribution in [0.15, 0.2) is 41.4 Å². The topological polar surface area (TPSA) is 78.1 Å². The molecule has 1 aromatic heterocycles. The number of halogens is 1. The first-order valence-electron chi connectivity index (χ1n) is 5.81. The molecule has 7 heteroatoms. The molecule has 0 amide bonds. The lowest BCUT2D eigenvalue weighted by atomic mass is 10.2. The molecule has 1 heterocycles. The molecule has 106 valence electrons. The largest absolute Gasteiger partial charge is 0.573 e. The van der Waals surface area contributed by atoms with Gasteiger partial charge in [0, 0.05) is 18.0 Å². The van der Waals surface area contributed by atoms with Crippen LogP contribution in [0.5, 0.6) is 0 Å². The minimum atomic E-state index is -3.82. The van der Waals surface area contributed by atoms with Gasteiger partial charge in [-0.15, -0.1) is 5.69 Å². The van der Waals surface area contributed by atoms with E-state index >= 15 is 0 Å². The molecule has 1 aromatic carbocycles. The number of nitrogen functional groups attached to an aromatic ring is 1. The number of aromatic nitrogens is 1. The number of nitrogens with zero attached hydrogens (tertiary/aromatic N) is 2. The van der Waals surface area contributed by atoms with Crippen LogP contribution in [0.1, 0.15) is 11.3 Å². The van der Waals surface area contributed by atoms with Crippen molar-refractivity contribution in [3.8, 4) is 0 Å². The SMILES string of the molecule is Cc1cc(C)[n+](N)cc1S(=O)(=O)[N-]c1ccc(Cl)cc1.